The Balaban J connectivity index is 2.04. The van der Waals surface area contributed by atoms with E-state index in [9.17, 15) is 4.39 Å². The summed E-state index contributed by atoms with van der Waals surface area (Å²) in [6.07, 6.45) is 0. The van der Waals surface area contributed by atoms with Crippen LogP contribution in [-0.4, -0.2) is 0 Å². The normalized spacial score (nSPS) is 10.5. The number of furan rings is 1. The lowest BCUT2D eigenvalue weighted by atomic mass is 10.3. The van der Waals surface area contributed by atoms with Gasteiger partial charge in [-0.25, -0.2) is 4.39 Å². The minimum absolute atomic E-state index is 0.0320. The SMILES string of the molecule is NCc1ccc(COc2cccc(Cl)c2F)o1. The van der Waals surface area contributed by atoms with Gasteiger partial charge in [0.15, 0.2) is 11.6 Å². The second-order valence-electron chi connectivity index (χ2n) is 3.41. The van der Waals surface area contributed by atoms with E-state index in [-0.39, 0.29) is 17.4 Å². The van der Waals surface area contributed by atoms with Gasteiger partial charge in [0.25, 0.3) is 0 Å². The minimum atomic E-state index is -0.570. The molecule has 0 bridgehead atoms. The second-order valence-corrected chi connectivity index (χ2v) is 3.82. The molecule has 0 unspecified atom stereocenters. The molecule has 1 aromatic heterocycles. The zero-order valence-corrected chi connectivity index (χ0v) is 9.71. The molecule has 0 spiro atoms. The first kappa shape index (κ1) is 12.0. The Bertz CT molecular complexity index is 513. The number of hydrogen-bond acceptors (Lipinski definition) is 3. The topological polar surface area (TPSA) is 48.4 Å². The lowest BCUT2D eigenvalue weighted by Crippen LogP contribution is -1.97. The quantitative estimate of drug-likeness (QED) is 0.913. The molecular formula is C12H11ClFNO2. The van der Waals surface area contributed by atoms with E-state index in [4.69, 9.17) is 26.5 Å². The van der Waals surface area contributed by atoms with Crippen molar-refractivity contribution in [2.75, 3.05) is 0 Å². The highest BCUT2D eigenvalue weighted by atomic mass is 35.5. The van der Waals surface area contributed by atoms with E-state index in [1.807, 2.05) is 0 Å². The van der Waals surface area contributed by atoms with Gasteiger partial charge in [-0.3, -0.25) is 0 Å². The lowest BCUT2D eigenvalue weighted by Gasteiger charge is -2.06. The molecule has 0 aliphatic carbocycles. The molecule has 0 atom stereocenters. The molecule has 0 radical (unpaired) electrons. The van der Waals surface area contributed by atoms with Crippen molar-refractivity contribution in [3.05, 3.63) is 52.7 Å². The average Bonchev–Trinajstić information content (AvgIpc) is 2.79. The van der Waals surface area contributed by atoms with Crippen molar-refractivity contribution >= 4 is 11.6 Å². The molecule has 0 amide bonds. The Morgan fingerprint density at radius 1 is 1.24 bits per heavy atom. The maximum atomic E-state index is 13.5. The number of nitrogens with two attached hydrogens (primary N) is 1. The number of benzene rings is 1. The summed E-state index contributed by atoms with van der Waals surface area (Å²) >= 11 is 5.63. The zero-order valence-electron chi connectivity index (χ0n) is 8.95. The molecule has 0 aliphatic heterocycles. The maximum Gasteiger partial charge on any atom is 0.183 e. The monoisotopic (exact) mass is 255 g/mol. The van der Waals surface area contributed by atoms with E-state index >= 15 is 0 Å². The summed E-state index contributed by atoms with van der Waals surface area (Å²) in [5.74, 6) is 0.781. The van der Waals surface area contributed by atoms with Crippen LogP contribution < -0.4 is 10.5 Å². The van der Waals surface area contributed by atoms with E-state index in [0.29, 0.717) is 18.1 Å². The van der Waals surface area contributed by atoms with E-state index in [0.717, 1.165) is 0 Å². The molecule has 2 rings (SSSR count). The molecule has 0 saturated heterocycles. The Morgan fingerprint density at radius 3 is 2.71 bits per heavy atom. The molecular weight excluding hydrogens is 245 g/mol. The van der Waals surface area contributed by atoms with Crippen molar-refractivity contribution in [3.63, 3.8) is 0 Å². The van der Waals surface area contributed by atoms with Gasteiger partial charge in [-0.15, -0.1) is 0 Å². The summed E-state index contributed by atoms with van der Waals surface area (Å²) in [4.78, 5) is 0. The van der Waals surface area contributed by atoms with Crippen molar-refractivity contribution in [2.24, 2.45) is 5.73 Å². The average molecular weight is 256 g/mol. The number of rotatable bonds is 4. The van der Waals surface area contributed by atoms with Crippen LogP contribution >= 0.6 is 11.6 Å². The predicted octanol–water partition coefficient (Wildman–Crippen LogP) is 3.11. The molecule has 2 N–H and O–H groups in total. The van der Waals surface area contributed by atoms with Crippen LogP contribution in [0.5, 0.6) is 5.75 Å². The summed E-state index contributed by atoms with van der Waals surface area (Å²) < 4.78 is 24.1. The van der Waals surface area contributed by atoms with E-state index in [1.54, 1.807) is 18.2 Å². The third kappa shape index (κ3) is 2.78. The summed E-state index contributed by atoms with van der Waals surface area (Å²) in [6, 6.07) is 8.09. The van der Waals surface area contributed by atoms with Gasteiger partial charge in [-0.2, -0.15) is 0 Å². The van der Waals surface area contributed by atoms with E-state index in [2.05, 4.69) is 0 Å². The van der Waals surface area contributed by atoms with Crippen LogP contribution in [0, 0.1) is 5.82 Å². The highest BCUT2D eigenvalue weighted by molar-refractivity contribution is 6.30. The van der Waals surface area contributed by atoms with Crippen LogP contribution in [0.2, 0.25) is 5.02 Å². The molecule has 0 fully saturated rings. The maximum absolute atomic E-state index is 13.5. The Morgan fingerprint density at radius 2 is 2.00 bits per heavy atom. The van der Waals surface area contributed by atoms with Crippen LogP contribution in [0.1, 0.15) is 11.5 Å². The fraction of sp³-hybridized carbons (Fsp3) is 0.167. The van der Waals surface area contributed by atoms with E-state index in [1.165, 1.54) is 12.1 Å². The molecule has 0 saturated carbocycles. The summed E-state index contributed by atoms with van der Waals surface area (Å²) in [7, 11) is 0. The fourth-order valence-corrected chi connectivity index (χ4v) is 1.52. The Labute approximate surface area is 103 Å². The molecule has 1 aromatic carbocycles. The fourth-order valence-electron chi connectivity index (χ4n) is 1.35. The summed E-state index contributed by atoms with van der Waals surface area (Å²) in [5, 5.41) is 0.0320. The Kier molecular flexibility index (Phi) is 3.66. The van der Waals surface area contributed by atoms with Gasteiger partial charge in [-0.05, 0) is 24.3 Å². The van der Waals surface area contributed by atoms with Crippen molar-refractivity contribution in [1.29, 1.82) is 0 Å². The van der Waals surface area contributed by atoms with Gasteiger partial charge in [-0.1, -0.05) is 17.7 Å². The number of ether oxygens (including phenoxy) is 1. The van der Waals surface area contributed by atoms with Crippen LogP contribution in [0.15, 0.2) is 34.7 Å². The molecule has 1 heterocycles. The van der Waals surface area contributed by atoms with Gasteiger partial charge in [0.05, 0.1) is 11.6 Å². The zero-order chi connectivity index (χ0) is 12.3. The van der Waals surface area contributed by atoms with Crippen LogP contribution in [0.3, 0.4) is 0 Å². The van der Waals surface area contributed by atoms with Gasteiger partial charge in [0.1, 0.15) is 18.1 Å². The number of halogens is 2. The first-order valence-corrected chi connectivity index (χ1v) is 5.43. The summed E-state index contributed by atoms with van der Waals surface area (Å²) in [5.41, 5.74) is 5.40. The van der Waals surface area contributed by atoms with Crippen molar-refractivity contribution < 1.29 is 13.5 Å². The van der Waals surface area contributed by atoms with Gasteiger partial charge >= 0.3 is 0 Å². The third-order valence-corrected chi connectivity index (χ3v) is 2.50. The lowest BCUT2D eigenvalue weighted by molar-refractivity contribution is 0.255. The highest BCUT2D eigenvalue weighted by Crippen LogP contribution is 2.24. The van der Waals surface area contributed by atoms with Gasteiger partial charge < -0.3 is 14.9 Å². The van der Waals surface area contributed by atoms with Crippen molar-refractivity contribution in [3.8, 4) is 5.75 Å². The molecule has 3 nitrogen and oxygen atoms in total. The van der Waals surface area contributed by atoms with Crippen molar-refractivity contribution in [1.82, 2.24) is 0 Å². The largest absolute Gasteiger partial charge is 0.483 e. The van der Waals surface area contributed by atoms with Gasteiger partial charge in [0, 0.05) is 0 Å². The van der Waals surface area contributed by atoms with Gasteiger partial charge in [0.2, 0.25) is 0 Å². The van der Waals surface area contributed by atoms with Crippen LogP contribution in [0.25, 0.3) is 0 Å². The Hall–Kier alpha value is -1.52. The highest BCUT2D eigenvalue weighted by Gasteiger charge is 2.08. The standard InChI is InChI=1S/C12H11ClFNO2/c13-10-2-1-3-11(12(10)14)16-7-9-5-4-8(6-15)17-9/h1-5H,6-7,15H2. The third-order valence-electron chi connectivity index (χ3n) is 2.20. The predicted molar refractivity (Wildman–Crippen MR) is 62.3 cm³/mol. The minimum Gasteiger partial charge on any atom is -0.483 e. The number of hydrogen-bond donors (Lipinski definition) is 1. The van der Waals surface area contributed by atoms with Crippen LogP contribution in [-0.2, 0) is 13.2 Å². The molecule has 90 valence electrons. The summed E-state index contributed by atoms with van der Waals surface area (Å²) in [6.45, 7) is 0.461. The molecule has 17 heavy (non-hydrogen) atoms. The second kappa shape index (κ2) is 5.21. The van der Waals surface area contributed by atoms with Crippen LogP contribution in [0.4, 0.5) is 4.39 Å². The van der Waals surface area contributed by atoms with E-state index < -0.39 is 5.82 Å². The molecule has 2 aromatic rings. The molecule has 5 heteroatoms. The first-order valence-electron chi connectivity index (χ1n) is 5.05. The first-order chi connectivity index (χ1) is 8.20. The molecule has 0 aliphatic rings. The van der Waals surface area contributed by atoms with Crippen molar-refractivity contribution in [2.45, 2.75) is 13.2 Å². The smallest absolute Gasteiger partial charge is 0.183 e.